The fourth-order valence-electron chi connectivity index (χ4n) is 1.91. The first kappa shape index (κ1) is 20.0. The third kappa shape index (κ3) is 5.06. The lowest BCUT2D eigenvalue weighted by Gasteiger charge is -2.11. The Kier molecular flexibility index (Phi) is 6.53. The van der Waals surface area contributed by atoms with E-state index in [4.69, 9.17) is 4.84 Å². The predicted molar refractivity (Wildman–Crippen MR) is 90.9 cm³/mol. The van der Waals surface area contributed by atoms with Crippen LogP contribution in [0.25, 0.3) is 0 Å². The zero-order valence-corrected chi connectivity index (χ0v) is 14.3. The maximum absolute atomic E-state index is 13.5. The van der Waals surface area contributed by atoms with Gasteiger partial charge in [-0.05, 0) is 36.8 Å². The van der Waals surface area contributed by atoms with Gasteiger partial charge in [0.25, 0.3) is 5.91 Å². The summed E-state index contributed by atoms with van der Waals surface area (Å²) in [6.07, 6.45) is 0.159. The van der Waals surface area contributed by atoms with Gasteiger partial charge in [-0.3, -0.25) is 4.79 Å². The average molecular weight is 380 g/mol. The van der Waals surface area contributed by atoms with Gasteiger partial charge in [-0.2, -0.15) is 0 Å². The molecule has 1 amide bonds. The molecular formula is C18H15F3N2O4. The van der Waals surface area contributed by atoms with Gasteiger partial charge < -0.3 is 14.9 Å². The zero-order chi connectivity index (χ0) is 20.0. The van der Waals surface area contributed by atoms with E-state index in [2.05, 4.69) is 15.2 Å². The Bertz CT molecular complexity index is 870. The van der Waals surface area contributed by atoms with Crippen molar-refractivity contribution in [3.63, 3.8) is 0 Å². The van der Waals surface area contributed by atoms with E-state index >= 15 is 0 Å². The minimum absolute atomic E-state index is 0.358. The molecule has 0 saturated heterocycles. The van der Waals surface area contributed by atoms with Gasteiger partial charge in [-0.15, -0.1) is 0 Å². The van der Waals surface area contributed by atoms with Gasteiger partial charge >= 0.3 is 5.97 Å². The zero-order valence-electron chi connectivity index (χ0n) is 14.3. The smallest absolute Gasteiger partial charge is 0.337 e. The number of nitrogens with one attached hydrogen (secondary N) is 1. The molecule has 27 heavy (non-hydrogen) atoms. The van der Waals surface area contributed by atoms with E-state index < -0.39 is 41.1 Å². The van der Waals surface area contributed by atoms with E-state index in [1.165, 1.54) is 32.4 Å². The second kappa shape index (κ2) is 8.84. The molecule has 0 aliphatic rings. The molecule has 2 aromatic rings. The first-order chi connectivity index (χ1) is 12.8. The Morgan fingerprint density at radius 1 is 1.07 bits per heavy atom. The summed E-state index contributed by atoms with van der Waals surface area (Å²) in [7, 11) is 1.27. The number of carbonyl (C=O) groups is 2. The number of esters is 1. The average Bonchev–Trinajstić information content (AvgIpc) is 2.68. The van der Waals surface area contributed by atoms with Gasteiger partial charge in [0.05, 0.1) is 24.6 Å². The SMILES string of the molecule is COC(=O)c1ccc(/C=N/OC(C)C(=O)Nc2ccc(F)c(F)c2F)cc1. The monoisotopic (exact) mass is 380 g/mol. The van der Waals surface area contributed by atoms with E-state index in [9.17, 15) is 22.8 Å². The maximum Gasteiger partial charge on any atom is 0.337 e. The Hall–Kier alpha value is -3.36. The standard InChI is InChI=1S/C18H15F3N2O4/c1-10(17(24)23-14-8-7-13(19)15(20)16(14)21)27-22-9-11-3-5-12(6-4-11)18(25)26-2/h3-10H,1-2H3,(H,23,24)/b22-9+. The molecule has 0 aliphatic carbocycles. The number of benzene rings is 2. The molecule has 0 aromatic heterocycles. The van der Waals surface area contributed by atoms with Crippen LogP contribution in [-0.2, 0) is 14.4 Å². The number of nitrogens with zero attached hydrogens (tertiary/aromatic N) is 1. The molecule has 0 spiro atoms. The molecule has 142 valence electrons. The third-order valence-corrected chi connectivity index (χ3v) is 3.41. The van der Waals surface area contributed by atoms with E-state index in [0.717, 1.165) is 6.07 Å². The number of rotatable bonds is 6. The summed E-state index contributed by atoms with van der Waals surface area (Å²) in [5, 5.41) is 5.71. The van der Waals surface area contributed by atoms with E-state index in [0.29, 0.717) is 17.2 Å². The molecule has 2 rings (SSSR count). The quantitative estimate of drug-likeness (QED) is 0.361. The van der Waals surface area contributed by atoms with Crippen molar-refractivity contribution >= 4 is 23.8 Å². The molecule has 6 nitrogen and oxygen atoms in total. The lowest BCUT2D eigenvalue weighted by atomic mass is 10.1. The molecule has 0 saturated carbocycles. The summed E-state index contributed by atoms with van der Waals surface area (Å²) in [5.41, 5.74) is 0.426. The van der Waals surface area contributed by atoms with Crippen LogP contribution in [0.3, 0.4) is 0 Å². The lowest BCUT2D eigenvalue weighted by Crippen LogP contribution is -2.27. The highest BCUT2D eigenvalue weighted by atomic mass is 19.2. The number of methoxy groups -OCH3 is 1. The number of anilines is 1. The summed E-state index contributed by atoms with van der Waals surface area (Å²) < 4.78 is 44.1. The van der Waals surface area contributed by atoms with Crippen LogP contribution in [0.1, 0.15) is 22.8 Å². The number of hydrogen-bond acceptors (Lipinski definition) is 5. The van der Waals surface area contributed by atoms with Crippen molar-refractivity contribution < 1.29 is 32.3 Å². The summed E-state index contributed by atoms with van der Waals surface area (Å²) >= 11 is 0. The molecule has 0 heterocycles. The molecule has 0 fully saturated rings. The lowest BCUT2D eigenvalue weighted by molar-refractivity contribution is -0.126. The summed E-state index contributed by atoms with van der Waals surface area (Å²) in [5.74, 6) is -5.85. The molecule has 2 aromatic carbocycles. The van der Waals surface area contributed by atoms with Crippen molar-refractivity contribution in [2.45, 2.75) is 13.0 Å². The Balaban J connectivity index is 1.94. The number of hydrogen-bond donors (Lipinski definition) is 1. The van der Waals surface area contributed by atoms with Gasteiger partial charge in [0, 0.05) is 0 Å². The topological polar surface area (TPSA) is 77.0 Å². The molecular weight excluding hydrogens is 365 g/mol. The second-order valence-corrected chi connectivity index (χ2v) is 5.31. The van der Waals surface area contributed by atoms with E-state index in [1.54, 1.807) is 12.1 Å². The number of halogens is 3. The van der Waals surface area contributed by atoms with Gasteiger partial charge in [0.2, 0.25) is 6.10 Å². The Morgan fingerprint density at radius 2 is 1.74 bits per heavy atom. The minimum atomic E-state index is -1.69. The molecule has 1 atom stereocenters. The number of oxime groups is 1. The molecule has 1 N–H and O–H groups in total. The first-order valence-corrected chi connectivity index (χ1v) is 7.65. The van der Waals surface area contributed by atoms with Crippen molar-refractivity contribution in [3.8, 4) is 0 Å². The van der Waals surface area contributed by atoms with Gasteiger partial charge in [0.15, 0.2) is 17.5 Å². The van der Waals surface area contributed by atoms with Crippen molar-refractivity contribution in [2.75, 3.05) is 12.4 Å². The fraction of sp³-hybridized carbons (Fsp3) is 0.167. The highest BCUT2D eigenvalue weighted by molar-refractivity contribution is 5.94. The van der Waals surface area contributed by atoms with Gasteiger partial charge in [-0.1, -0.05) is 17.3 Å². The van der Waals surface area contributed by atoms with Crippen LogP contribution < -0.4 is 5.32 Å². The summed E-state index contributed by atoms with van der Waals surface area (Å²) in [6, 6.07) is 7.80. The van der Waals surface area contributed by atoms with E-state index in [-0.39, 0.29) is 0 Å². The second-order valence-electron chi connectivity index (χ2n) is 5.31. The Morgan fingerprint density at radius 3 is 2.37 bits per heavy atom. The van der Waals surface area contributed by atoms with Crippen LogP contribution in [0.5, 0.6) is 0 Å². The van der Waals surface area contributed by atoms with Gasteiger partial charge in [0.1, 0.15) is 0 Å². The van der Waals surface area contributed by atoms with Crippen molar-refractivity contribution in [1.29, 1.82) is 0 Å². The molecule has 1 unspecified atom stereocenters. The number of ether oxygens (including phenoxy) is 1. The molecule has 0 aliphatic heterocycles. The van der Waals surface area contributed by atoms with Crippen molar-refractivity contribution in [2.24, 2.45) is 5.16 Å². The van der Waals surface area contributed by atoms with Crippen LogP contribution >= 0.6 is 0 Å². The maximum atomic E-state index is 13.5. The fourth-order valence-corrected chi connectivity index (χ4v) is 1.91. The van der Waals surface area contributed by atoms with Crippen LogP contribution in [0.15, 0.2) is 41.6 Å². The molecule has 0 radical (unpaired) electrons. The number of carbonyl (C=O) groups excluding carboxylic acids is 2. The number of amides is 1. The van der Waals surface area contributed by atoms with Crippen molar-refractivity contribution in [1.82, 2.24) is 0 Å². The summed E-state index contributed by atoms with van der Waals surface area (Å²) in [4.78, 5) is 28.2. The molecule has 9 heteroatoms. The largest absolute Gasteiger partial charge is 0.465 e. The summed E-state index contributed by atoms with van der Waals surface area (Å²) in [6.45, 7) is 1.34. The third-order valence-electron chi connectivity index (χ3n) is 3.41. The van der Waals surface area contributed by atoms with E-state index in [1.807, 2.05) is 0 Å². The molecule has 0 bridgehead atoms. The predicted octanol–water partition coefficient (Wildman–Crippen LogP) is 3.27. The first-order valence-electron chi connectivity index (χ1n) is 7.65. The van der Waals surface area contributed by atoms with Crippen LogP contribution in [0, 0.1) is 17.5 Å². The van der Waals surface area contributed by atoms with Crippen LogP contribution in [-0.4, -0.2) is 31.3 Å². The van der Waals surface area contributed by atoms with Crippen LogP contribution in [0.2, 0.25) is 0 Å². The highest BCUT2D eigenvalue weighted by Crippen LogP contribution is 2.19. The van der Waals surface area contributed by atoms with Gasteiger partial charge in [-0.25, -0.2) is 18.0 Å². The minimum Gasteiger partial charge on any atom is -0.465 e. The van der Waals surface area contributed by atoms with Crippen LogP contribution in [0.4, 0.5) is 18.9 Å². The normalized spacial score (nSPS) is 11.9. The van der Waals surface area contributed by atoms with Crippen molar-refractivity contribution in [3.05, 3.63) is 65.0 Å². The Labute approximate surface area is 152 Å². The highest BCUT2D eigenvalue weighted by Gasteiger charge is 2.19.